The summed E-state index contributed by atoms with van der Waals surface area (Å²) in [6.07, 6.45) is 0. The first-order chi connectivity index (χ1) is 9.84. The van der Waals surface area contributed by atoms with Gasteiger partial charge in [-0.25, -0.2) is 0 Å². The number of benzene rings is 3. The predicted octanol–water partition coefficient (Wildman–Crippen LogP) is 4.96. The molecule has 4 rings (SSSR count). The Morgan fingerprint density at radius 3 is 2.15 bits per heavy atom. The molecule has 96 valence electrons. The number of aromatic hydroxyl groups is 1. The minimum Gasteiger partial charge on any atom is -0.504 e. The molecular weight excluding hydrogens is 248 g/mol. The molecule has 0 radical (unpaired) electrons. The third-order valence-electron chi connectivity index (χ3n) is 3.59. The van der Waals surface area contributed by atoms with Crippen molar-refractivity contribution in [2.75, 3.05) is 0 Å². The third kappa shape index (κ3) is 1.51. The van der Waals surface area contributed by atoms with E-state index in [0.717, 1.165) is 27.5 Å². The lowest BCUT2D eigenvalue weighted by Crippen LogP contribution is -1.77. The Hall–Kier alpha value is -2.74. The molecule has 20 heavy (non-hydrogen) atoms. The number of phenolic OH excluding ortho intramolecular Hbond substituents is 1. The SMILES string of the molecule is Oc1cccc2c1oc1c(-c3ccccc3)cccc12. The van der Waals surface area contributed by atoms with Gasteiger partial charge in [0.25, 0.3) is 0 Å². The zero-order chi connectivity index (χ0) is 13.5. The Morgan fingerprint density at radius 1 is 0.650 bits per heavy atom. The molecule has 0 bridgehead atoms. The summed E-state index contributed by atoms with van der Waals surface area (Å²) in [6.45, 7) is 0. The van der Waals surface area contributed by atoms with E-state index in [1.807, 2.05) is 48.5 Å². The Morgan fingerprint density at radius 2 is 1.35 bits per heavy atom. The van der Waals surface area contributed by atoms with E-state index < -0.39 is 0 Å². The van der Waals surface area contributed by atoms with Gasteiger partial charge < -0.3 is 9.52 Å². The molecule has 2 heteroatoms. The summed E-state index contributed by atoms with van der Waals surface area (Å²) in [5, 5.41) is 11.9. The van der Waals surface area contributed by atoms with Crippen LogP contribution in [0.25, 0.3) is 33.1 Å². The third-order valence-corrected chi connectivity index (χ3v) is 3.59. The fourth-order valence-corrected chi connectivity index (χ4v) is 2.65. The van der Waals surface area contributed by atoms with Gasteiger partial charge in [0, 0.05) is 16.3 Å². The fraction of sp³-hybridized carbons (Fsp3) is 0. The molecule has 0 unspecified atom stereocenters. The molecule has 0 aliphatic heterocycles. The van der Waals surface area contributed by atoms with E-state index in [-0.39, 0.29) is 5.75 Å². The molecule has 0 amide bonds. The average molecular weight is 260 g/mol. The second kappa shape index (κ2) is 4.14. The maximum Gasteiger partial charge on any atom is 0.177 e. The Balaban J connectivity index is 2.14. The van der Waals surface area contributed by atoms with Crippen LogP contribution in [0.4, 0.5) is 0 Å². The molecule has 0 aliphatic rings. The zero-order valence-corrected chi connectivity index (χ0v) is 10.7. The maximum atomic E-state index is 9.94. The topological polar surface area (TPSA) is 33.4 Å². The molecule has 1 aromatic heterocycles. The monoisotopic (exact) mass is 260 g/mol. The lowest BCUT2D eigenvalue weighted by atomic mass is 10.0. The number of furan rings is 1. The van der Waals surface area contributed by atoms with Gasteiger partial charge in [0.15, 0.2) is 11.3 Å². The molecule has 0 aliphatic carbocycles. The van der Waals surface area contributed by atoms with Gasteiger partial charge in [0.05, 0.1) is 0 Å². The average Bonchev–Trinajstić information content (AvgIpc) is 2.88. The molecule has 0 fully saturated rings. The highest BCUT2D eigenvalue weighted by atomic mass is 16.4. The Kier molecular flexibility index (Phi) is 2.30. The fourth-order valence-electron chi connectivity index (χ4n) is 2.65. The molecule has 2 nitrogen and oxygen atoms in total. The smallest absolute Gasteiger partial charge is 0.177 e. The highest BCUT2D eigenvalue weighted by Gasteiger charge is 2.13. The molecule has 3 aromatic carbocycles. The van der Waals surface area contributed by atoms with Crippen LogP contribution in [-0.2, 0) is 0 Å². The Bertz CT molecular complexity index is 905. The molecule has 0 spiro atoms. The van der Waals surface area contributed by atoms with Crippen molar-refractivity contribution in [2.24, 2.45) is 0 Å². The van der Waals surface area contributed by atoms with Crippen LogP contribution in [0.2, 0.25) is 0 Å². The summed E-state index contributed by atoms with van der Waals surface area (Å²) >= 11 is 0. The van der Waals surface area contributed by atoms with E-state index in [2.05, 4.69) is 12.1 Å². The second-order valence-corrected chi connectivity index (χ2v) is 4.80. The van der Waals surface area contributed by atoms with Gasteiger partial charge in [-0.2, -0.15) is 0 Å². The lowest BCUT2D eigenvalue weighted by molar-refractivity contribution is 0.469. The van der Waals surface area contributed by atoms with Crippen LogP contribution in [0, 0.1) is 0 Å². The number of fused-ring (bicyclic) bond motifs is 3. The van der Waals surface area contributed by atoms with Crippen molar-refractivity contribution >= 4 is 21.9 Å². The zero-order valence-electron chi connectivity index (χ0n) is 10.7. The van der Waals surface area contributed by atoms with Crippen LogP contribution < -0.4 is 0 Å². The highest BCUT2D eigenvalue weighted by molar-refractivity contribution is 6.10. The minimum atomic E-state index is 0.178. The summed E-state index contributed by atoms with van der Waals surface area (Å²) in [5.74, 6) is 0.178. The number of phenols is 1. The first-order valence-corrected chi connectivity index (χ1v) is 6.53. The first kappa shape index (κ1) is 11.1. The summed E-state index contributed by atoms with van der Waals surface area (Å²) < 4.78 is 5.92. The Labute approximate surface area is 115 Å². The first-order valence-electron chi connectivity index (χ1n) is 6.53. The van der Waals surface area contributed by atoms with Crippen molar-refractivity contribution in [3.63, 3.8) is 0 Å². The number of hydrogen-bond donors (Lipinski definition) is 1. The van der Waals surface area contributed by atoms with E-state index >= 15 is 0 Å². The van der Waals surface area contributed by atoms with Crippen LogP contribution in [0.3, 0.4) is 0 Å². The van der Waals surface area contributed by atoms with Crippen LogP contribution in [-0.4, -0.2) is 5.11 Å². The van der Waals surface area contributed by atoms with E-state index in [9.17, 15) is 5.11 Å². The van der Waals surface area contributed by atoms with E-state index in [0.29, 0.717) is 5.58 Å². The number of hydrogen-bond acceptors (Lipinski definition) is 2. The van der Waals surface area contributed by atoms with E-state index in [1.165, 1.54) is 0 Å². The molecule has 0 saturated carbocycles. The van der Waals surface area contributed by atoms with Crippen molar-refractivity contribution < 1.29 is 9.52 Å². The van der Waals surface area contributed by atoms with Crippen molar-refractivity contribution in [3.05, 3.63) is 66.7 Å². The molecule has 4 aromatic rings. The van der Waals surface area contributed by atoms with Crippen LogP contribution in [0.1, 0.15) is 0 Å². The molecule has 0 atom stereocenters. The lowest BCUT2D eigenvalue weighted by Gasteiger charge is -2.01. The largest absolute Gasteiger partial charge is 0.504 e. The van der Waals surface area contributed by atoms with Crippen LogP contribution in [0.15, 0.2) is 71.1 Å². The van der Waals surface area contributed by atoms with E-state index in [1.54, 1.807) is 6.07 Å². The molecule has 1 N–H and O–H groups in total. The highest BCUT2D eigenvalue weighted by Crippen LogP contribution is 2.38. The van der Waals surface area contributed by atoms with Crippen LogP contribution >= 0.6 is 0 Å². The van der Waals surface area contributed by atoms with Gasteiger partial charge in [-0.15, -0.1) is 0 Å². The van der Waals surface area contributed by atoms with Gasteiger partial charge in [-0.3, -0.25) is 0 Å². The van der Waals surface area contributed by atoms with Gasteiger partial charge in [-0.1, -0.05) is 60.7 Å². The van der Waals surface area contributed by atoms with Gasteiger partial charge in [0.2, 0.25) is 0 Å². The van der Waals surface area contributed by atoms with Crippen LogP contribution in [0.5, 0.6) is 5.75 Å². The summed E-state index contributed by atoms with van der Waals surface area (Å²) in [7, 11) is 0. The summed E-state index contributed by atoms with van der Waals surface area (Å²) in [5.41, 5.74) is 3.51. The standard InChI is InChI=1S/C18H12O2/c19-16-11-5-10-15-14-9-4-8-13(17(14)20-18(15)16)12-6-2-1-3-7-12/h1-11,19H. The normalized spacial score (nSPS) is 11.2. The summed E-state index contributed by atoms with van der Waals surface area (Å²) in [4.78, 5) is 0. The maximum absolute atomic E-state index is 9.94. The number of rotatable bonds is 1. The van der Waals surface area contributed by atoms with Crippen molar-refractivity contribution in [1.82, 2.24) is 0 Å². The minimum absolute atomic E-state index is 0.178. The van der Waals surface area contributed by atoms with Gasteiger partial charge in [0.1, 0.15) is 5.58 Å². The quantitative estimate of drug-likeness (QED) is 0.525. The number of para-hydroxylation sites is 2. The van der Waals surface area contributed by atoms with Gasteiger partial charge in [-0.05, 0) is 11.6 Å². The van der Waals surface area contributed by atoms with Gasteiger partial charge >= 0.3 is 0 Å². The predicted molar refractivity (Wildman–Crippen MR) is 80.8 cm³/mol. The van der Waals surface area contributed by atoms with Crippen molar-refractivity contribution in [1.29, 1.82) is 0 Å². The molecule has 0 saturated heterocycles. The van der Waals surface area contributed by atoms with E-state index in [4.69, 9.17) is 4.42 Å². The summed E-state index contributed by atoms with van der Waals surface area (Å²) in [6, 6.07) is 21.7. The van der Waals surface area contributed by atoms with Crippen molar-refractivity contribution in [3.8, 4) is 16.9 Å². The van der Waals surface area contributed by atoms with Crippen molar-refractivity contribution in [2.45, 2.75) is 0 Å². The molecular formula is C18H12O2. The molecule has 1 heterocycles. The second-order valence-electron chi connectivity index (χ2n) is 4.80.